The summed E-state index contributed by atoms with van der Waals surface area (Å²) in [6, 6.07) is 15.9. The minimum absolute atomic E-state index is 0.676. The SMILES string of the molecule is COc1ccc(CNc2c(-c3cccs3)nc3ccc(Cl)cn23)cc1. The van der Waals surface area contributed by atoms with Gasteiger partial charge in [0.2, 0.25) is 0 Å². The molecule has 4 rings (SSSR count). The minimum atomic E-state index is 0.676. The van der Waals surface area contributed by atoms with Crippen molar-refractivity contribution in [1.82, 2.24) is 9.38 Å². The number of nitrogens with zero attached hydrogens (tertiary/aromatic N) is 2. The molecule has 0 atom stereocenters. The second-order valence-corrected chi connectivity index (χ2v) is 6.95. The van der Waals surface area contributed by atoms with E-state index in [-0.39, 0.29) is 0 Å². The van der Waals surface area contributed by atoms with Crippen LogP contribution in [0.1, 0.15) is 5.56 Å². The van der Waals surface area contributed by atoms with Crippen molar-refractivity contribution >= 4 is 34.4 Å². The summed E-state index contributed by atoms with van der Waals surface area (Å²) in [5, 5.41) is 6.24. The maximum Gasteiger partial charge on any atom is 0.140 e. The van der Waals surface area contributed by atoms with Gasteiger partial charge in [0.25, 0.3) is 0 Å². The van der Waals surface area contributed by atoms with Gasteiger partial charge in [-0.2, -0.15) is 0 Å². The smallest absolute Gasteiger partial charge is 0.140 e. The van der Waals surface area contributed by atoms with Crippen molar-refractivity contribution in [2.24, 2.45) is 0 Å². The number of fused-ring (bicyclic) bond motifs is 1. The van der Waals surface area contributed by atoms with Gasteiger partial charge < -0.3 is 10.1 Å². The summed E-state index contributed by atoms with van der Waals surface area (Å²) >= 11 is 7.86. The Labute approximate surface area is 154 Å². The number of halogens is 1. The van der Waals surface area contributed by atoms with E-state index in [2.05, 4.69) is 16.8 Å². The van der Waals surface area contributed by atoms with Crippen molar-refractivity contribution < 1.29 is 4.74 Å². The van der Waals surface area contributed by atoms with Crippen LogP contribution in [0.25, 0.3) is 16.2 Å². The Balaban J connectivity index is 1.71. The summed E-state index contributed by atoms with van der Waals surface area (Å²) in [5.41, 5.74) is 2.96. The fourth-order valence-corrected chi connectivity index (χ4v) is 3.58. The number of imidazole rings is 1. The van der Waals surface area contributed by atoms with Gasteiger partial charge in [0.05, 0.1) is 17.0 Å². The Morgan fingerprint density at radius 1 is 1.16 bits per heavy atom. The monoisotopic (exact) mass is 369 g/mol. The number of hydrogen-bond donors (Lipinski definition) is 1. The van der Waals surface area contributed by atoms with Crippen LogP contribution >= 0.6 is 22.9 Å². The third-order valence-electron chi connectivity index (χ3n) is 3.96. The third kappa shape index (κ3) is 3.21. The zero-order valence-corrected chi connectivity index (χ0v) is 15.1. The van der Waals surface area contributed by atoms with Crippen LogP contribution in [-0.4, -0.2) is 16.5 Å². The van der Waals surface area contributed by atoms with Gasteiger partial charge in [0.15, 0.2) is 0 Å². The average Bonchev–Trinajstić information content (AvgIpc) is 3.28. The number of pyridine rings is 1. The van der Waals surface area contributed by atoms with Crippen LogP contribution in [0.4, 0.5) is 5.82 Å². The van der Waals surface area contributed by atoms with Gasteiger partial charge in [-0.3, -0.25) is 4.40 Å². The van der Waals surface area contributed by atoms with Crippen LogP contribution in [0.3, 0.4) is 0 Å². The highest BCUT2D eigenvalue weighted by Crippen LogP contribution is 2.33. The molecule has 0 unspecified atom stereocenters. The molecule has 0 aliphatic rings. The van der Waals surface area contributed by atoms with Gasteiger partial charge >= 0.3 is 0 Å². The van der Waals surface area contributed by atoms with Crippen LogP contribution in [0.5, 0.6) is 5.75 Å². The number of nitrogens with one attached hydrogen (secondary N) is 1. The Morgan fingerprint density at radius 3 is 2.72 bits per heavy atom. The van der Waals surface area contributed by atoms with Gasteiger partial charge in [-0.15, -0.1) is 11.3 Å². The first-order valence-electron chi connectivity index (χ1n) is 7.83. The second-order valence-electron chi connectivity index (χ2n) is 5.56. The van der Waals surface area contributed by atoms with Crippen LogP contribution in [0, 0.1) is 0 Å². The molecule has 0 saturated carbocycles. The molecule has 0 spiro atoms. The van der Waals surface area contributed by atoms with Crippen LogP contribution in [-0.2, 0) is 6.54 Å². The van der Waals surface area contributed by atoms with Crippen molar-refractivity contribution in [2.45, 2.75) is 6.54 Å². The fourth-order valence-electron chi connectivity index (χ4n) is 2.70. The van der Waals surface area contributed by atoms with Gasteiger partial charge in [-0.25, -0.2) is 4.98 Å². The summed E-state index contributed by atoms with van der Waals surface area (Å²) in [6.45, 7) is 0.683. The molecule has 1 N–H and O–H groups in total. The molecule has 6 heteroatoms. The van der Waals surface area contributed by atoms with Crippen LogP contribution in [0.2, 0.25) is 5.02 Å². The summed E-state index contributed by atoms with van der Waals surface area (Å²) in [5.74, 6) is 1.79. The Bertz CT molecular complexity index is 994. The van der Waals surface area contributed by atoms with Crippen LogP contribution < -0.4 is 10.1 Å². The predicted molar refractivity (Wildman–Crippen MR) is 104 cm³/mol. The first-order valence-corrected chi connectivity index (χ1v) is 9.08. The molecule has 25 heavy (non-hydrogen) atoms. The van der Waals surface area contributed by atoms with Crippen molar-refractivity contribution in [3.63, 3.8) is 0 Å². The van der Waals surface area contributed by atoms with E-state index in [1.54, 1.807) is 18.4 Å². The van der Waals surface area contributed by atoms with E-state index in [0.717, 1.165) is 33.3 Å². The zero-order chi connectivity index (χ0) is 17.2. The molecule has 1 aromatic carbocycles. The van der Waals surface area contributed by atoms with E-state index in [4.69, 9.17) is 21.3 Å². The standard InChI is InChI=1S/C19H16ClN3OS/c1-24-15-7-4-13(5-8-15)11-21-19-18(16-3-2-10-25-16)22-17-9-6-14(20)12-23(17)19/h2-10,12,21H,11H2,1H3. The van der Waals surface area contributed by atoms with Crippen molar-refractivity contribution in [3.05, 3.63) is 70.7 Å². The summed E-state index contributed by atoms with van der Waals surface area (Å²) in [6.07, 6.45) is 1.89. The fraction of sp³-hybridized carbons (Fsp3) is 0.105. The molecular weight excluding hydrogens is 354 g/mol. The maximum absolute atomic E-state index is 6.19. The van der Waals surface area contributed by atoms with Crippen LogP contribution in [0.15, 0.2) is 60.1 Å². The summed E-state index contributed by atoms with van der Waals surface area (Å²) < 4.78 is 7.21. The lowest BCUT2D eigenvalue weighted by Gasteiger charge is -2.09. The topological polar surface area (TPSA) is 38.6 Å². The Morgan fingerprint density at radius 2 is 2.00 bits per heavy atom. The highest BCUT2D eigenvalue weighted by Gasteiger charge is 2.15. The van der Waals surface area contributed by atoms with Crippen molar-refractivity contribution in [3.8, 4) is 16.3 Å². The number of anilines is 1. The number of rotatable bonds is 5. The average molecular weight is 370 g/mol. The van der Waals surface area contributed by atoms with E-state index in [1.807, 2.05) is 53.1 Å². The lowest BCUT2D eigenvalue weighted by atomic mass is 10.2. The van der Waals surface area contributed by atoms with Gasteiger partial charge in [-0.05, 0) is 41.3 Å². The van der Waals surface area contributed by atoms with E-state index in [0.29, 0.717) is 11.6 Å². The molecule has 0 aliphatic carbocycles. The Kier molecular flexibility index (Phi) is 4.34. The van der Waals surface area contributed by atoms with E-state index in [1.165, 1.54) is 0 Å². The van der Waals surface area contributed by atoms with Gasteiger partial charge in [0.1, 0.15) is 22.9 Å². The quantitative estimate of drug-likeness (QED) is 0.516. The molecule has 0 radical (unpaired) electrons. The minimum Gasteiger partial charge on any atom is -0.497 e. The normalized spacial score (nSPS) is 11.0. The van der Waals surface area contributed by atoms with E-state index >= 15 is 0 Å². The van der Waals surface area contributed by atoms with Gasteiger partial charge in [-0.1, -0.05) is 29.8 Å². The number of ether oxygens (including phenoxy) is 1. The molecule has 126 valence electrons. The molecule has 0 aliphatic heterocycles. The number of benzene rings is 1. The van der Waals surface area contributed by atoms with Crippen molar-refractivity contribution in [1.29, 1.82) is 0 Å². The number of aromatic nitrogens is 2. The highest BCUT2D eigenvalue weighted by atomic mass is 35.5. The molecular formula is C19H16ClN3OS. The van der Waals surface area contributed by atoms with E-state index < -0.39 is 0 Å². The molecule has 0 bridgehead atoms. The lowest BCUT2D eigenvalue weighted by molar-refractivity contribution is 0.414. The molecule has 0 amide bonds. The number of hydrogen-bond acceptors (Lipinski definition) is 4. The first-order chi connectivity index (χ1) is 12.2. The third-order valence-corrected chi connectivity index (χ3v) is 5.06. The molecule has 3 heterocycles. The molecule has 4 nitrogen and oxygen atoms in total. The van der Waals surface area contributed by atoms with E-state index in [9.17, 15) is 0 Å². The predicted octanol–water partition coefficient (Wildman–Crippen LogP) is 5.34. The Hall–Kier alpha value is -2.50. The maximum atomic E-state index is 6.19. The zero-order valence-electron chi connectivity index (χ0n) is 13.6. The van der Waals surface area contributed by atoms with Crippen molar-refractivity contribution in [2.75, 3.05) is 12.4 Å². The largest absolute Gasteiger partial charge is 0.497 e. The lowest BCUT2D eigenvalue weighted by Crippen LogP contribution is -2.03. The highest BCUT2D eigenvalue weighted by molar-refractivity contribution is 7.13. The molecule has 0 saturated heterocycles. The first kappa shape index (κ1) is 16.0. The second kappa shape index (κ2) is 6.78. The molecule has 3 aromatic heterocycles. The van der Waals surface area contributed by atoms with Gasteiger partial charge in [0, 0.05) is 12.7 Å². The summed E-state index contributed by atoms with van der Waals surface area (Å²) in [7, 11) is 1.67. The molecule has 0 fully saturated rings. The number of methoxy groups -OCH3 is 1. The molecule has 4 aromatic rings. The summed E-state index contributed by atoms with van der Waals surface area (Å²) in [4.78, 5) is 5.89. The number of thiophene rings is 1.